The first-order chi connectivity index (χ1) is 12.8. The van der Waals surface area contributed by atoms with Crippen molar-refractivity contribution < 1.29 is 22.4 Å². The molecule has 5 nitrogen and oxygen atoms in total. The summed E-state index contributed by atoms with van der Waals surface area (Å²) in [5.41, 5.74) is -1.32. The molecule has 0 bridgehead atoms. The van der Waals surface area contributed by atoms with Gasteiger partial charge >= 0.3 is 6.18 Å². The van der Waals surface area contributed by atoms with Gasteiger partial charge in [-0.3, -0.25) is 9.36 Å². The molecular weight excluding hydrogens is 384 g/mol. The van der Waals surface area contributed by atoms with Crippen LogP contribution >= 0.6 is 11.3 Å². The second-order valence-electron chi connectivity index (χ2n) is 5.68. The number of rotatable bonds is 4. The minimum Gasteiger partial charge on any atom is -0.300 e. The number of carbonyl (C=O) groups excluding carboxylic acids is 1. The van der Waals surface area contributed by atoms with Crippen LogP contribution in [0, 0.1) is 5.82 Å². The average molecular weight is 398 g/mol. The number of aromatic nitrogens is 3. The minimum absolute atomic E-state index is 0.214. The molecule has 1 amide bonds. The Kier molecular flexibility index (Phi) is 5.36. The highest BCUT2D eigenvalue weighted by molar-refractivity contribution is 7.15. The molecule has 0 aliphatic rings. The minimum atomic E-state index is -4.69. The van der Waals surface area contributed by atoms with E-state index in [1.54, 1.807) is 4.57 Å². The molecule has 0 fully saturated rings. The third kappa shape index (κ3) is 4.05. The summed E-state index contributed by atoms with van der Waals surface area (Å²) in [6, 6.07) is 1.67. The third-order valence-corrected chi connectivity index (χ3v) is 4.75. The lowest BCUT2D eigenvalue weighted by atomic mass is 10.1. The van der Waals surface area contributed by atoms with Gasteiger partial charge in [-0.1, -0.05) is 24.7 Å². The summed E-state index contributed by atoms with van der Waals surface area (Å²) in [7, 11) is 0. The van der Waals surface area contributed by atoms with Crippen molar-refractivity contribution in [2.45, 2.75) is 32.5 Å². The number of unbranched alkanes of at least 4 members (excludes halogenated alkanes) is 1. The Bertz CT molecular complexity index is 1060. The number of fused-ring (bicyclic) bond motifs is 1. The van der Waals surface area contributed by atoms with E-state index in [-0.39, 0.29) is 4.80 Å². The zero-order valence-electron chi connectivity index (χ0n) is 14.1. The van der Waals surface area contributed by atoms with Crippen molar-refractivity contribution in [2.75, 3.05) is 0 Å². The largest absolute Gasteiger partial charge is 0.416 e. The van der Waals surface area contributed by atoms with E-state index in [2.05, 4.69) is 15.0 Å². The first kappa shape index (κ1) is 19.2. The number of carbonyl (C=O) groups is 1. The van der Waals surface area contributed by atoms with E-state index < -0.39 is 29.0 Å². The Morgan fingerprint density at radius 2 is 2.00 bits per heavy atom. The highest BCUT2D eigenvalue weighted by Crippen LogP contribution is 2.30. The molecule has 0 saturated carbocycles. The number of nitrogens with zero attached hydrogens (tertiary/aromatic N) is 4. The maximum absolute atomic E-state index is 13.9. The van der Waals surface area contributed by atoms with E-state index in [4.69, 9.17) is 0 Å². The first-order valence-corrected chi connectivity index (χ1v) is 8.89. The molecule has 0 atom stereocenters. The van der Waals surface area contributed by atoms with E-state index in [0.29, 0.717) is 35.2 Å². The number of alkyl halides is 3. The van der Waals surface area contributed by atoms with Gasteiger partial charge in [-0.15, -0.1) is 0 Å². The van der Waals surface area contributed by atoms with Crippen LogP contribution in [0.5, 0.6) is 0 Å². The van der Waals surface area contributed by atoms with Gasteiger partial charge in [-0.2, -0.15) is 18.2 Å². The summed E-state index contributed by atoms with van der Waals surface area (Å²) in [6.45, 7) is 2.49. The van der Waals surface area contributed by atoms with Gasteiger partial charge in [-0.05, 0) is 24.6 Å². The number of amides is 1. The van der Waals surface area contributed by atoms with Crippen molar-refractivity contribution in [3.63, 3.8) is 0 Å². The second kappa shape index (κ2) is 7.55. The SMILES string of the molecule is CCCCn1c(=NC(=O)c2cc(C(F)(F)F)ccc2F)sc2nccnc21. The van der Waals surface area contributed by atoms with Crippen LogP contribution in [-0.2, 0) is 12.7 Å². The predicted octanol–water partition coefficient (Wildman–Crippen LogP) is 4.19. The molecule has 0 N–H and O–H groups in total. The zero-order valence-corrected chi connectivity index (χ0v) is 14.9. The lowest BCUT2D eigenvalue weighted by Crippen LogP contribution is -2.18. The van der Waals surface area contributed by atoms with Gasteiger partial charge in [-0.25, -0.2) is 14.4 Å². The Morgan fingerprint density at radius 1 is 1.26 bits per heavy atom. The monoisotopic (exact) mass is 398 g/mol. The molecule has 1 aromatic carbocycles. The van der Waals surface area contributed by atoms with Crippen molar-refractivity contribution in [2.24, 2.45) is 4.99 Å². The molecule has 0 saturated heterocycles. The Labute approximate surface area is 155 Å². The molecule has 0 radical (unpaired) electrons. The number of aryl methyl sites for hydroxylation is 1. The molecule has 0 unspecified atom stereocenters. The van der Waals surface area contributed by atoms with E-state index in [1.807, 2.05) is 6.92 Å². The van der Waals surface area contributed by atoms with Crippen molar-refractivity contribution in [3.05, 3.63) is 52.3 Å². The molecular formula is C17H14F4N4OS. The van der Waals surface area contributed by atoms with Crippen LogP contribution in [0.4, 0.5) is 17.6 Å². The zero-order chi connectivity index (χ0) is 19.6. The standard InChI is InChI=1S/C17H14F4N4OS/c1-2-3-8-25-13-15(23-7-6-22-13)27-16(25)24-14(26)11-9-10(17(19,20)21)4-5-12(11)18/h4-7,9H,2-3,8H2,1H3. The van der Waals surface area contributed by atoms with E-state index >= 15 is 0 Å². The number of halogens is 4. The maximum Gasteiger partial charge on any atom is 0.416 e. The molecule has 2 heterocycles. The van der Waals surface area contributed by atoms with E-state index in [0.717, 1.165) is 24.2 Å². The second-order valence-corrected chi connectivity index (χ2v) is 6.64. The third-order valence-electron chi connectivity index (χ3n) is 3.78. The van der Waals surface area contributed by atoms with Crippen LogP contribution in [0.2, 0.25) is 0 Å². The van der Waals surface area contributed by atoms with E-state index in [1.165, 1.54) is 12.4 Å². The van der Waals surface area contributed by atoms with E-state index in [9.17, 15) is 22.4 Å². The summed E-state index contributed by atoms with van der Waals surface area (Å²) in [5, 5.41) is 0. The lowest BCUT2D eigenvalue weighted by molar-refractivity contribution is -0.137. The molecule has 142 valence electrons. The highest BCUT2D eigenvalue weighted by Gasteiger charge is 2.32. The summed E-state index contributed by atoms with van der Waals surface area (Å²) in [4.78, 5) is 25.4. The Hall–Kier alpha value is -2.62. The molecule has 0 spiro atoms. The van der Waals surface area contributed by atoms with Crippen LogP contribution < -0.4 is 4.80 Å². The topological polar surface area (TPSA) is 60.1 Å². The summed E-state index contributed by atoms with van der Waals surface area (Å²) in [6.07, 6.45) is -0.0478. The van der Waals surface area contributed by atoms with Gasteiger partial charge in [0.05, 0.1) is 11.1 Å². The Balaban J connectivity index is 2.10. The van der Waals surface area contributed by atoms with Crippen LogP contribution in [0.1, 0.15) is 35.7 Å². The van der Waals surface area contributed by atoms with Crippen LogP contribution in [0.3, 0.4) is 0 Å². The lowest BCUT2D eigenvalue weighted by Gasteiger charge is -2.08. The van der Waals surface area contributed by atoms with Crippen molar-refractivity contribution in [1.82, 2.24) is 14.5 Å². The smallest absolute Gasteiger partial charge is 0.300 e. The summed E-state index contributed by atoms with van der Waals surface area (Å²) < 4.78 is 54.2. The summed E-state index contributed by atoms with van der Waals surface area (Å²) in [5.74, 6) is -2.15. The quantitative estimate of drug-likeness (QED) is 0.619. The number of hydrogen-bond acceptors (Lipinski definition) is 4. The molecule has 2 aromatic heterocycles. The maximum atomic E-state index is 13.9. The van der Waals surface area contributed by atoms with Crippen LogP contribution in [-0.4, -0.2) is 20.4 Å². The van der Waals surface area contributed by atoms with Gasteiger partial charge in [0.1, 0.15) is 5.82 Å². The Morgan fingerprint density at radius 3 is 2.70 bits per heavy atom. The van der Waals surface area contributed by atoms with Gasteiger partial charge in [0.2, 0.25) is 0 Å². The van der Waals surface area contributed by atoms with Crippen molar-refractivity contribution in [3.8, 4) is 0 Å². The molecule has 3 aromatic rings. The highest BCUT2D eigenvalue weighted by atomic mass is 32.1. The van der Waals surface area contributed by atoms with Crippen molar-refractivity contribution >= 4 is 27.7 Å². The van der Waals surface area contributed by atoms with Crippen molar-refractivity contribution in [1.29, 1.82) is 0 Å². The normalized spacial score (nSPS) is 12.7. The molecule has 3 rings (SSSR count). The predicted molar refractivity (Wildman–Crippen MR) is 91.6 cm³/mol. The fourth-order valence-corrected chi connectivity index (χ4v) is 3.38. The van der Waals surface area contributed by atoms with Gasteiger partial charge in [0, 0.05) is 18.9 Å². The van der Waals surface area contributed by atoms with Gasteiger partial charge < -0.3 is 0 Å². The fourth-order valence-electron chi connectivity index (χ4n) is 2.42. The number of thiazole rings is 1. The first-order valence-electron chi connectivity index (χ1n) is 8.07. The fraction of sp³-hybridized carbons (Fsp3) is 0.294. The van der Waals surface area contributed by atoms with Crippen LogP contribution in [0.25, 0.3) is 10.5 Å². The van der Waals surface area contributed by atoms with Gasteiger partial charge in [0.25, 0.3) is 5.91 Å². The van der Waals surface area contributed by atoms with Gasteiger partial charge in [0.15, 0.2) is 15.3 Å². The molecule has 10 heteroatoms. The average Bonchev–Trinajstić information content (AvgIpc) is 2.96. The molecule has 0 aliphatic carbocycles. The number of hydrogen-bond donors (Lipinski definition) is 0. The van der Waals surface area contributed by atoms with Crippen LogP contribution in [0.15, 0.2) is 35.6 Å². The summed E-state index contributed by atoms with van der Waals surface area (Å²) >= 11 is 1.07. The number of benzene rings is 1. The molecule has 27 heavy (non-hydrogen) atoms. The molecule has 0 aliphatic heterocycles.